The third kappa shape index (κ3) is 1.44. The molecule has 0 unspecified atom stereocenters. The van der Waals surface area contributed by atoms with E-state index in [4.69, 9.17) is 5.73 Å². The third-order valence-electron chi connectivity index (χ3n) is 2.73. The number of rotatable bonds is 1. The number of imidazole rings is 1. The minimum atomic E-state index is -3.41. The highest BCUT2D eigenvalue weighted by molar-refractivity contribution is 7.90. The van der Waals surface area contributed by atoms with Crippen molar-refractivity contribution in [2.75, 3.05) is 12.0 Å². The zero-order valence-corrected chi connectivity index (χ0v) is 10.3. The normalized spacial score (nSPS) is 12.3. The highest BCUT2D eigenvalue weighted by Crippen LogP contribution is 2.23. The standard InChI is InChI=1S/C11H10N4O2S/c1-18(16,17)9-6-13-11-14-7-4-2-3-5-8(7)15(11)10(9)12/h2-6H,12H2,1H3. The molecule has 92 valence electrons. The average Bonchev–Trinajstić information content (AvgIpc) is 2.66. The van der Waals surface area contributed by atoms with Gasteiger partial charge in [-0.05, 0) is 12.1 Å². The van der Waals surface area contributed by atoms with Gasteiger partial charge in [0.05, 0.1) is 17.2 Å². The van der Waals surface area contributed by atoms with Crippen LogP contribution in [0.25, 0.3) is 16.8 Å². The van der Waals surface area contributed by atoms with Crippen LogP contribution < -0.4 is 5.73 Å². The topological polar surface area (TPSA) is 90.3 Å². The van der Waals surface area contributed by atoms with Gasteiger partial charge in [-0.15, -0.1) is 0 Å². The Morgan fingerprint density at radius 1 is 1.28 bits per heavy atom. The summed E-state index contributed by atoms with van der Waals surface area (Å²) in [7, 11) is -3.41. The molecule has 6 nitrogen and oxygen atoms in total. The van der Waals surface area contributed by atoms with Crippen molar-refractivity contribution in [3.05, 3.63) is 30.5 Å². The molecule has 2 heterocycles. The molecule has 0 radical (unpaired) electrons. The van der Waals surface area contributed by atoms with E-state index in [2.05, 4.69) is 9.97 Å². The lowest BCUT2D eigenvalue weighted by Crippen LogP contribution is -2.08. The van der Waals surface area contributed by atoms with Crippen molar-refractivity contribution in [2.24, 2.45) is 0 Å². The Kier molecular flexibility index (Phi) is 2.09. The number of nitrogens with zero attached hydrogens (tertiary/aromatic N) is 3. The van der Waals surface area contributed by atoms with E-state index in [1.54, 1.807) is 4.40 Å². The van der Waals surface area contributed by atoms with Crippen LogP contribution in [-0.2, 0) is 9.84 Å². The fourth-order valence-electron chi connectivity index (χ4n) is 1.92. The fourth-order valence-corrected chi connectivity index (χ4v) is 2.63. The van der Waals surface area contributed by atoms with Gasteiger partial charge in [0.25, 0.3) is 0 Å². The molecule has 0 aliphatic heterocycles. The van der Waals surface area contributed by atoms with Crippen LogP contribution in [0, 0.1) is 0 Å². The quantitative estimate of drug-likeness (QED) is 0.702. The van der Waals surface area contributed by atoms with Gasteiger partial charge < -0.3 is 5.73 Å². The van der Waals surface area contributed by atoms with E-state index >= 15 is 0 Å². The van der Waals surface area contributed by atoms with Crippen LogP contribution in [0.5, 0.6) is 0 Å². The minimum absolute atomic E-state index is 0.0122. The van der Waals surface area contributed by atoms with Crippen LogP contribution in [0.4, 0.5) is 5.82 Å². The summed E-state index contributed by atoms with van der Waals surface area (Å²) in [6, 6.07) is 7.33. The predicted molar refractivity (Wildman–Crippen MR) is 68.0 cm³/mol. The van der Waals surface area contributed by atoms with Gasteiger partial charge in [-0.1, -0.05) is 12.1 Å². The van der Waals surface area contributed by atoms with Gasteiger partial charge in [-0.2, -0.15) is 0 Å². The van der Waals surface area contributed by atoms with Crippen LogP contribution in [0.15, 0.2) is 35.4 Å². The molecule has 0 fully saturated rings. The number of nitrogens with two attached hydrogens (primary N) is 1. The predicted octanol–water partition coefficient (Wildman–Crippen LogP) is 0.868. The smallest absolute Gasteiger partial charge is 0.236 e. The van der Waals surface area contributed by atoms with Crippen LogP contribution >= 0.6 is 0 Å². The van der Waals surface area contributed by atoms with Crippen molar-refractivity contribution in [2.45, 2.75) is 4.90 Å². The second-order valence-electron chi connectivity index (χ2n) is 4.02. The van der Waals surface area contributed by atoms with Gasteiger partial charge in [-0.25, -0.2) is 18.4 Å². The third-order valence-corrected chi connectivity index (χ3v) is 3.85. The van der Waals surface area contributed by atoms with Crippen LogP contribution in [-0.4, -0.2) is 29.0 Å². The summed E-state index contributed by atoms with van der Waals surface area (Å²) in [5, 5.41) is 0. The maximum Gasteiger partial charge on any atom is 0.236 e. The first-order chi connectivity index (χ1) is 8.48. The largest absolute Gasteiger partial charge is 0.384 e. The number of anilines is 1. The molecule has 2 N–H and O–H groups in total. The summed E-state index contributed by atoms with van der Waals surface area (Å²) in [6.45, 7) is 0. The first-order valence-corrected chi connectivity index (χ1v) is 7.09. The molecular formula is C11H10N4O2S. The Morgan fingerprint density at radius 2 is 2.00 bits per heavy atom. The fraction of sp³-hybridized carbons (Fsp3) is 0.0909. The second kappa shape index (κ2) is 3.42. The molecule has 0 bridgehead atoms. The molecule has 3 aromatic rings. The molecule has 0 spiro atoms. The maximum atomic E-state index is 11.6. The van der Waals surface area contributed by atoms with E-state index in [0.717, 1.165) is 17.3 Å². The van der Waals surface area contributed by atoms with Gasteiger partial charge in [0.1, 0.15) is 10.7 Å². The lowest BCUT2D eigenvalue weighted by Gasteiger charge is -2.05. The summed E-state index contributed by atoms with van der Waals surface area (Å²) >= 11 is 0. The monoisotopic (exact) mass is 262 g/mol. The summed E-state index contributed by atoms with van der Waals surface area (Å²) in [4.78, 5) is 8.33. The van der Waals surface area contributed by atoms with Crippen LogP contribution in [0.2, 0.25) is 0 Å². The van der Waals surface area contributed by atoms with E-state index in [1.807, 2.05) is 24.3 Å². The van der Waals surface area contributed by atoms with Gasteiger partial charge in [0.15, 0.2) is 9.84 Å². The SMILES string of the molecule is CS(=O)(=O)c1cnc2nc3ccccc3n2c1N. The summed E-state index contributed by atoms with van der Waals surface area (Å²) < 4.78 is 24.8. The molecule has 0 amide bonds. The van der Waals surface area contributed by atoms with E-state index in [-0.39, 0.29) is 10.7 Å². The van der Waals surface area contributed by atoms with Crippen LogP contribution in [0.1, 0.15) is 0 Å². The van der Waals surface area contributed by atoms with Crippen LogP contribution in [0.3, 0.4) is 0 Å². The molecule has 0 atom stereocenters. The van der Waals surface area contributed by atoms with Crippen molar-refractivity contribution >= 4 is 32.5 Å². The number of nitrogen functional groups attached to an aromatic ring is 1. The summed E-state index contributed by atoms with van der Waals surface area (Å²) in [5.74, 6) is 0.525. The molecule has 2 aromatic heterocycles. The molecule has 7 heteroatoms. The average molecular weight is 262 g/mol. The molecule has 0 saturated carbocycles. The number of aromatic nitrogens is 3. The lowest BCUT2D eigenvalue weighted by atomic mass is 10.3. The zero-order chi connectivity index (χ0) is 12.9. The number of benzene rings is 1. The first kappa shape index (κ1) is 11.0. The zero-order valence-electron chi connectivity index (χ0n) is 9.53. The minimum Gasteiger partial charge on any atom is -0.384 e. The molecule has 3 rings (SSSR count). The van der Waals surface area contributed by atoms with Gasteiger partial charge in [0, 0.05) is 6.26 Å². The summed E-state index contributed by atoms with van der Waals surface area (Å²) in [5.41, 5.74) is 7.38. The maximum absolute atomic E-state index is 11.6. The van der Waals surface area contributed by atoms with Crippen molar-refractivity contribution in [1.29, 1.82) is 0 Å². The highest BCUT2D eigenvalue weighted by Gasteiger charge is 2.17. The van der Waals surface area contributed by atoms with E-state index in [0.29, 0.717) is 5.78 Å². The van der Waals surface area contributed by atoms with Crippen molar-refractivity contribution in [3.8, 4) is 0 Å². The molecular weight excluding hydrogens is 252 g/mol. The van der Waals surface area contributed by atoms with Crippen molar-refractivity contribution in [1.82, 2.24) is 14.4 Å². The second-order valence-corrected chi connectivity index (χ2v) is 6.00. The Balaban J connectivity index is 2.55. The number of hydrogen-bond donors (Lipinski definition) is 1. The first-order valence-electron chi connectivity index (χ1n) is 5.20. The Labute approximate surface area is 103 Å². The Bertz CT molecular complexity index is 867. The Morgan fingerprint density at radius 3 is 2.72 bits per heavy atom. The molecule has 0 aliphatic rings. The number of para-hydroxylation sites is 2. The molecule has 0 saturated heterocycles. The van der Waals surface area contributed by atoms with E-state index in [1.165, 1.54) is 6.20 Å². The lowest BCUT2D eigenvalue weighted by molar-refractivity contribution is 0.601. The summed E-state index contributed by atoms with van der Waals surface area (Å²) in [6.07, 6.45) is 2.34. The highest BCUT2D eigenvalue weighted by atomic mass is 32.2. The number of fused-ring (bicyclic) bond motifs is 3. The molecule has 1 aromatic carbocycles. The van der Waals surface area contributed by atoms with Crippen molar-refractivity contribution in [3.63, 3.8) is 0 Å². The van der Waals surface area contributed by atoms with Gasteiger partial charge >= 0.3 is 0 Å². The van der Waals surface area contributed by atoms with E-state index < -0.39 is 9.84 Å². The number of sulfone groups is 1. The van der Waals surface area contributed by atoms with Gasteiger partial charge in [0.2, 0.25) is 5.78 Å². The van der Waals surface area contributed by atoms with E-state index in [9.17, 15) is 8.42 Å². The number of hydrogen-bond acceptors (Lipinski definition) is 5. The van der Waals surface area contributed by atoms with Crippen molar-refractivity contribution < 1.29 is 8.42 Å². The van der Waals surface area contributed by atoms with Gasteiger partial charge in [-0.3, -0.25) is 4.40 Å². The molecule has 18 heavy (non-hydrogen) atoms. The Hall–Kier alpha value is -2.15. The molecule has 0 aliphatic carbocycles.